The van der Waals surface area contributed by atoms with Crippen molar-refractivity contribution < 1.29 is 13.2 Å². The fourth-order valence-corrected chi connectivity index (χ4v) is 3.75. The van der Waals surface area contributed by atoms with E-state index in [0.29, 0.717) is 22.3 Å². The lowest BCUT2D eigenvalue weighted by molar-refractivity contribution is -0.120. The van der Waals surface area contributed by atoms with Crippen molar-refractivity contribution in [1.82, 2.24) is 4.98 Å². The number of anilines is 2. The van der Waals surface area contributed by atoms with Gasteiger partial charge >= 0.3 is 0 Å². The van der Waals surface area contributed by atoms with Crippen molar-refractivity contribution in [3.8, 4) is 0 Å². The number of nitrogens with two attached hydrogens (primary N) is 1. The standard InChI is InChI=1S/C13H13N3O3S/c1-13(2)12(17)16(20(13,18)19)10-6-5-9(14)11-8(10)4-3-7-15-11/h3-7H,14H2,1-2H3. The van der Waals surface area contributed by atoms with Crippen LogP contribution < -0.4 is 10.0 Å². The van der Waals surface area contributed by atoms with E-state index in [1.54, 1.807) is 24.4 Å². The number of sulfonamides is 1. The molecule has 0 spiro atoms. The summed E-state index contributed by atoms with van der Waals surface area (Å²) < 4.78 is 24.0. The number of rotatable bonds is 1. The van der Waals surface area contributed by atoms with Gasteiger partial charge in [-0.05, 0) is 38.1 Å². The topological polar surface area (TPSA) is 93.4 Å². The predicted molar refractivity (Wildman–Crippen MR) is 76.6 cm³/mol. The van der Waals surface area contributed by atoms with Crippen molar-refractivity contribution in [3.05, 3.63) is 30.5 Å². The smallest absolute Gasteiger partial charge is 0.263 e. The van der Waals surface area contributed by atoms with E-state index in [1.165, 1.54) is 19.9 Å². The molecule has 0 unspecified atom stereocenters. The molecule has 0 saturated carbocycles. The van der Waals surface area contributed by atoms with E-state index in [1.807, 2.05) is 0 Å². The quantitative estimate of drug-likeness (QED) is 0.799. The minimum atomic E-state index is -3.69. The van der Waals surface area contributed by atoms with Gasteiger partial charge in [-0.2, -0.15) is 0 Å². The Kier molecular flexibility index (Phi) is 2.38. The molecule has 2 aromatic rings. The molecule has 1 aromatic heterocycles. The number of hydrogen-bond donors (Lipinski definition) is 1. The summed E-state index contributed by atoms with van der Waals surface area (Å²) >= 11 is 0. The maximum absolute atomic E-state index is 12.3. The first-order valence-corrected chi connectivity index (χ1v) is 7.45. The van der Waals surface area contributed by atoms with Gasteiger partial charge in [0.05, 0.1) is 16.9 Å². The molecule has 0 atom stereocenters. The highest BCUT2D eigenvalue weighted by Gasteiger charge is 2.61. The minimum absolute atomic E-state index is 0.298. The maximum atomic E-state index is 12.3. The number of fused-ring (bicyclic) bond motifs is 1. The lowest BCUT2D eigenvalue weighted by Crippen LogP contribution is -2.67. The molecule has 2 heterocycles. The summed E-state index contributed by atoms with van der Waals surface area (Å²) in [6.07, 6.45) is 1.57. The second-order valence-corrected chi connectivity index (χ2v) is 7.49. The molecule has 104 valence electrons. The van der Waals surface area contributed by atoms with Crippen molar-refractivity contribution in [3.63, 3.8) is 0 Å². The fourth-order valence-electron chi connectivity index (χ4n) is 2.25. The van der Waals surface area contributed by atoms with E-state index in [0.717, 1.165) is 4.31 Å². The zero-order chi connectivity index (χ0) is 14.7. The number of aromatic nitrogens is 1. The van der Waals surface area contributed by atoms with E-state index >= 15 is 0 Å². The van der Waals surface area contributed by atoms with Gasteiger partial charge in [0.1, 0.15) is 0 Å². The Morgan fingerprint density at radius 3 is 2.60 bits per heavy atom. The van der Waals surface area contributed by atoms with Crippen molar-refractivity contribution in [2.45, 2.75) is 18.6 Å². The summed E-state index contributed by atoms with van der Waals surface area (Å²) in [6.45, 7) is 2.80. The van der Waals surface area contributed by atoms with Gasteiger partial charge in [-0.15, -0.1) is 0 Å². The Hall–Kier alpha value is -2.15. The number of amides is 1. The molecule has 0 aliphatic carbocycles. The number of benzene rings is 1. The van der Waals surface area contributed by atoms with E-state index in [4.69, 9.17) is 5.73 Å². The average Bonchev–Trinajstić information content (AvgIpc) is 2.41. The molecule has 2 N–H and O–H groups in total. The molecule has 1 saturated heterocycles. The summed E-state index contributed by atoms with van der Waals surface area (Å²) in [5.74, 6) is -0.451. The molecule has 1 amide bonds. The molecule has 20 heavy (non-hydrogen) atoms. The molecular formula is C13H13N3O3S. The van der Waals surface area contributed by atoms with Crippen LogP contribution >= 0.6 is 0 Å². The van der Waals surface area contributed by atoms with Crippen molar-refractivity contribution in [2.24, 2.45) is 0 Å². The molecule has 1 aromatic carbocycles. The van der Waals surface area contributed by atoms with Gasteiger partial charge in [-0.1, -0.05) is 0 Å². The normalized spacial score (nSPS) is 19.9. The van der Waals surface area contributed by atoms with Gasteiger partial charge in [-0.25, -0.2) is 12.7 Å². The third-order valence-electron chi connectivity index (χ3n) is 3.58. The Bertz CT molecular complexity index is 843. The number of carbonyl (C=O) groups excluding carboxylic acids is 1. The SMILES string of the molecule is CC1(C)C(=O)N(c2ccc(N)c3ncccc23)S1(=O)=O. The summed E-state index contributed by atoms with van der Waals surface area (Å²) in [5.41, 5.74) is 7.05. The molecule has 6 nitrogen and oxygen atoms in total. The third kappa shape index (κ3) is 1.35. The van der Waals surface area contributed by atoms with Crippen molar-refractivity contribution in [1.29, 1.82) is 0 Å². The zero-order valence-electron chi connectivity index (χ0n) is 11.0. The van der Waals surface area contributed by atoms with Crippen molar-refractivity contribution >= 4 is 38.2 Å². The Balaban J connectivity index is 2.28. The van der Waals surface area contributed by atoms with Gasteiger partial charge in [0.2, 0.25) is 0 Å². The first-order valence-electron chi connectivity index (χ1n) is 6.01. The number of nitrogen functional groups attached to an aromatic ring is 1. The van der Waals surface area contributed by atoms with Crippen LogP contribution in [0.4, 0.5) is 11.4 Å². The summed E-state index contributed by atoms with van der Waals surface area (Å²) in [7, 11) is -3.69. The van der Waals surface area contributed by atoms with E-state index < -0.39 is 20.7 Å². The van der Waals surface area contributed by atoms with Gasteiger partial charge < -0.3 is 5.73 Å². The highest BCUT2D eigenvalue weighted by Crippen LogP contribution is 2.42. The van der Waals surface area contributed by atoms with Gasteiger partial charge in [0, 0.05) is 11.6 Å². The highest BCUT2D eigenvalue weighted by molar-refractivity contribution is 7.98. The Morgan fingerprint density at radius 2 is 1.95 bits per heavy atom. The molecule has 1 fully saturated rings. The minimum Gasteiger partial charge on any atom is -0.397 e. The average molecular weight is 291 g/mol. The van der Waals surface area contributed by atoms with Crippen LogP contribution in [0.5, 0.6) is 0 Å². The van der Waals surface area contributed by atoms with Crippen LogP contribution in [0, 0.1) is 0 Å². The third-order valence-corrected chi connectivity index (χ3v) is 5.89. The van der Waals surface area contributed by atoms with Crippen LogP contribution in [0.3, 0.4) is 0 Å². The van der Waals surface area contributed by atoms with Crippen LogP contribution in [-0.4, -0.2) is 24.1 Å². The van der Waals surface area contributed by atoms with E-state index in [2.05, 4.69) is 4.98 Å². The maximum Gasteiger partial charge on any atom is 0.263 e. The highest BCUT2D eigenvalue weighted by atomic mass is 32.2. The summed E-state index contributed by atoms with van der Waals surface area (Å²) in [6, 6.07) is 6.46. The van der Waals surface area contributed by atoms with Crippen LogP contribution in [-0.2, 0) is 14.8 Å². The van der Waals surface area contributed by atoms with Gasteiger partial charge in [-0.3, -0.25) is 9.78 Å². The van der Waals surface area contributed by atoms with E-state index in [-0.39, 0.29) is 0 Å². The molecule has 1 aliphatic heterocycles. The lowest BCUT2D eigenvalue weighted by atomic mass is 10.1. The zero-order valence-corrected chi connectivity index (χ0v) is 11.8. The fraction of sp³-hybridized carbons (Fsp3) is 0.231. The van der Waals surface area contributed by atoms with Crippen molar-refractivity contribution in [2.75, 3.05) is 10.0 Å². The molecular weight excluding hydrogens is 278 g/mol. The summed E-state index contributed by atoms with van der Waals surface area (Å²) in [5, 5.41) is 0.542. The Labute approximate surface area is 116 Å². The van der Waals surface area contributed by atoms with Gasteiger partial charge in [0.25, 0.3) is 15.9 Å². The van der Waals surface area contributed by atoms with Crippen LogP contribution in [0.25, 0.3) is 10.9 Å². The van der Waals surface area contributed by atoms with Crippen LogP contribution in [0.2, 0.25) is 0 Å². The molecule has 3 rings (SSSR count). The van der Waals surface area contributed by atoms with Gasteiger partial charge in [0.15, 0.2) is 4.75 Å². The summed E-state index contributed by atoms with van der Waals surface area (Å²) in [4.78, 5) is 16.3. The second-order valence-electron chi connectivity index (χ2n) is 5.16. The predicted octanol–water partition coefficient (Wildman–Crippen LogP) is 1.27. The number of nitrogens with zero attached hydrogens (tertiary/aromatic N) is 2. The number of carbonyl (C=O) groups is 1. The van der Waals surface area contributed by atoms with E-state index in [9.17, 15) is 13.2 Å². The van der Waals surface area contributed by atoms with Crippen LogP contribution in [0.15, 0.2) is 30.5 Å². The molecule has 0 radical (unpaired) electrons. The lowest BCUT2D eigenvalue weighted by Gasteiger charge is -2.43. The molecule has 1 aliphatic rings. The number of pyridine rings is 1. The number of hydrogen-bond acceptors (Lipinski definition) is 5. The van der Waals surface area contributed by atoms with Crippen LogP contribution in [0.1, 0.15) is 13.8 Å². The second kappa shape index (κ2) is 3.69. The molecule has 7 heteroatoms. The first-order chi connectivity index (χ1) is 9.28. The first kappa shape index (κ1) is 12.9. The molecule has 0 bridgehead atoms. The Morgan fingerprint density at radius 1 is 1.25 bits per heavy atom. The monoisotopic (exact) mass is 291 g/mol. The largest absolute Gasteiger partial charge is 0.397 e.